The predicted octanol–water partition coefficient (Wildman–Crippen LogP) is 4.52. The van der Waals surface area contributed by atoms with Crippen LogP contribution in [0.2, 0.25) is 0 Å². The lowest BCUT2D eigenvalue weighted by Gasteiger charge is -2.42. The fourth-order valence-electron chi connectivity index (χ4n) is 4.71. The van der Waals surface area contributed by atoms with Crippen molar-refractivity contribution in [3.8, 4) is 11.7 Å². The Balaban J connectivity index is 1.15. The first-order chi connectivity index (χ1) is 16.3. The van der Waals surface area contributed by atoms with Crippen LogP contribution in [0.4, 0.5) is 11.4 Å². The predicted molar refractivity (Wildman–Crippen MR) is 128 cm³/mol. The van der Waals surface area contributed by atoms with E-state index in [0.29, 0.717) is 16.9 Å². The van der Waals surface area contributed by atoms with Gasteiger partial charge in [-0.05, 0) is 37.1 Å². The average Bonchev–Trinajstić information content (AvgIpc) is 3.56. The normalized spacial score (nSPS) is 17.9. The van der Waals surface area contributed by atoms with Gasteiger partial charge in [-0.1, -0.05) is 43.2 Å². The Morgan fingerprint density at radius 2 is 1.85 bits per heavy atom. The molecule has 2 fully saturated rings. The van der Waals surface area contributed by atoms with E-state index in [4.69, 9.17) is 8.83 Å². The number of carbonyl (C=O) groups excluding carboxylic acids is 1. The minimum absolute atomic E-state index is 0.106. The molecule has 174 valence electrons. The summed E-state index contributed by atoms with van der Waals surface area (Å²) in [6, 6.07) is 12.3. The van der Waals surface area contributed by atoms with Crippen molar-refractivity contribution in [2.45, 2.75) is 43.4 Å². The summed E-state index contributed by atoms with van der Waals surface area (Å²) in [7, 11) is 0. The van der Waals surface area contributed by atoms with Crippen molar-refractivity contribution in [1.29, 1.82) is 0 Å². The molecular weight excluding hydrogens is 438 g/mol. The van der Waals surface area contributed by atoms with E-state index in [2.05, 4.69) is 31.4 Å². The molecule has 0 atom stereocenters. The SMILES string of the molecule is O=C(CSc1nnc(-c2ccco2)o1)Nc1ccccc1N1CCN(C2CCCCC2)CC1. The molecule has 3 aromatic rings. The van der Waals surface area contributed by atoms with Gasteiger partial charge in [0.25, 0.3) is 11.1 Å². The van der Waals surface area contributed by atoms with Gasteiger partial charge < -0.3 is 19.1 Å². The number of hydrogen-bond acceptors (Lipinski definition) is 8. The summed E-state index contributed by atoms with van der Waals surface area (Å²) < 4.78 is 10.8. The van der Waals surface area contributed by atoms with Crippen LogP contribution in [0.3, 0.4) is 0 Å². The Morgan fingerprint density at radius 3 is 2.64 bits per heavy atom. The second-order valence-electron chi connectivity index (χ2n) is 8.52. The fourth-order valence-corrected chi connectivity index (χ4v) is 5.27. The maximum atomic E-state index is 12.6. The molecule has 2 aliphatic rings. The van der Waals surface area contributed by atoms with Crippen molar-refractivity contribution in [2.24, 2.45) is 0 Å². The zero-order valence-electron chi connectivity index (χ0n) is 18.6. The number of furan rings is 1. The molecule has 0 bridgehead atoms. The minimum atomic E-state index is -0.106. The molecule has 1 saturated carbocycles. The summed E-state index contributed by atoms with van der Waals surface area (Å²) in [4.78, 5) is 17.7. The Bertz CT molecular complexity index is 1040. The zero-order chi connectivity index (χ0) is 22.5. The second kappa shape index (κ2) is 10.4. The molecule has 1 aliphatic carbocycles. The van der Waals surface area contributed by atoms with Crippen LogP contribution >= 0.6 is 11.8 Å². The molecule has 1 aromatic carbocycles. The van der Waals surface area contributed by atoms with E-state index in [1.54, 1.807) is 18.4 Å². The Labute approximate surface area is 197 Å². The molecule has 1 amide bonds. The highest BCUT2D eigenvalue weighted by Gasteiger charge is 2.26. The number of piperazine rings is 1. The van der Waals surface area contributed by atoms with Crippen molar-refractivity contribution < 1.29 is 13.6 Å². The van der Waals surface area contributed by atoms with Gasteiger partial charge >= 0.3 is 0 Å². The Morgan fingerprint density at radius 1 is 1.03 bits per heavy atom. The first-order valence-corrected chi connectivity index (χ1v) is 12.6. The fraction of sp³-hybridized carbons (Fsp3) is 0.458. The van der Waals surface area contributed by atoms with Gasteiger partial charge in [0.1, 0.15) is 0 Å². The number of rotatable bonds is 7. The molecule has 9 heteroatoms. The number of para-hydroxylation sites is 2. The molecule has 0 unspecified atom stereocenters. The number of nitrogens with one attached hydrogen (secondary N) is 1. The van der Waals surface area contributed by atoms with E-state index in [-0.39, 0.29) is 11.7 Å². The first-order valence-electron chi connectivity index (χ1n) is 11.6. The van der Waals surface area contributed by atoms with Crippen molar-refractivity contribution in [2.75, 3.05) is 42.1 Å². The number of amides is 1. The summed E-state index contributed by atoms with van der Waals surface area (Å²) in [5.41, 5.74) is 1.92. The van der Waals surface area contributed by atoms with E-state index in [1.807, 2.05) is 18.2 Å². The standard InChI is InChI=1S/C24H29N5O3S/c30-22(17-33-24-27-26-23(32-24)21-11-6-16-31-21)25-19-9-4-5-10-20(19)29-14-12-28(13-15-29)18-7-2-1-3-8-18/h4-6,9-11,16,18H,1-3,7-8,12-15,17H2,(H,25,30). The van der Waals surface area contributed by atoms with Crippen molar-refractivity contribution in [3.05, 3.63) is 42.7 Å². The highest BCUT2D eigenvalue weighted by molar-refractivity contribution is 7.99. The molecule has 1 N–H and O–H groups in total. The number of anilines is 2. The quantitative estimate of drug-likeness (QED) is 0.508. The molecule has 3 heterocycles. The number of thioether (sulfide) groups is 1. The molecule has 0 spiro atoms. The number of hydrogen-bond donors (Lipinski definition) is 1. The van der Waals surface area contributed by atoms with Crippen molar-refractivity contribution >= 4 is 29.0 Å². The summed E-state index contributed by atoms with van der Waals surface area (Å²) in [5.74, 6) is 0.895. The van der Waals surface area contributed by atoms with Gasteiger partial charge in [0.05, 0.1) is 23.4 Å². The molecule has 1 saturated heterocycles. The van der Waals surface area contributed by atoms with Crippen molar-refractivity contribution in [1.82, 2.24) is 15.1 Å². The van der Waals surface area contributed by atoms with Gasteiger partial charge in [-0.25, -0.2) is 0 Å². The van der Waals surface area contributed by atoms with Crippen LogP contribution in [0.25, 0.3) is 11.7 Å². The summed E-state index contributed by atoms with van der Waals surface area (Å²) in [6.07, 6.45) is 8.35. The largest absolute Gasteiger partial charge is 0.459 e. The Hall–Kier alpha value is -2.78. The number of nitrogens with zero attached hydrogens (tertiary/aromatic N) is 4. The molecule has 0 radical (unpaired) electrons. The number of benzene rings is 1. The number of carbonyl (C=O) groups is 1. The third-order valence-corrected chi connectivity index (χ3v) is 7.21. The van der Waals surface area contributed by atoms with Gasteiger partial charge in [-0.15, -0.1) is 10.2 Å². The minimum Gasteiger partial charge on any atom is -0.459 e. The molecule has 1 aliphatic heterocycles. The average molecular weight is 468 g/mol. The molecule has 8 nitrogen and oxygen atoms in total. The van der Waals surface area contributed by atoms with Crippen LogP contribution in [0.1, 0.15) is 32.1 Å². The van der Waals surface area contributed by atoms with E-state index in [0.717, 1.165) is 43.6 Å². The zero-order valence-corrected chi connectivity index (χ0v) is 19.4. The molecule has 2 aromatic heterocycles. The third-order valence-electron chi connectivity index (χ3n) is 6.39. The monoisotopic (exact) mass is 467 g/mol. The topological polar surface area (TPSA) is 87.6 Å². The summed E-state index contributed by atoms with van der Waals surface area (Å²) >= 11 is 1.21. The second-order valence-corrected chi connectivity index (χ2v) is 9.45. The highest BCUT2D eigenvalue weighted by atomic mass is 32.2. The van der Waals surface area contributed by atoms with Gasteiger partial charge in [0.15, 0.2) is 5.76 Å². The smallest absolute Gasteiger partial charge is 0.284 e. The lowest BCUT2D eigenvalue weighted by Crippen LogP contribution is -2.51. The molecule has 5 rings (SSSR count). The first kappa shape index (κ1) is 22.0. The van der Waals surface area contributed by atoms with E-state index in [9.17, 15) is 4.79 Å². The maximum absolute atomic E-state index is 12.6. The van der Waals surface area contributed by atoms with Gasteiger partial charge in [0, 0.05) is 32.2 Å². The van der Waals surface area contributed by atoms with Gasteiger partial charge in [-0.3, -0.25) is 9.69 Å². The van der Waals surface area contributed by atoms with Gasteiger partial charge in [-0.2, -0.15) is 0 Å². The lowest BCUT2D eigenvalue weighted by molar-refractivity contribution is -0.113. The Kier molecular flexibility index (Phi) is 6.97. The van der Waals surface area contributed by atoms with Crippen LogP contribution in [0.5, 0.6) is 0 Å². The van der Waals surface area contributed by atoms with Crippen LogP contribution in [0.15, 0.2) is 56.7 Å². The van der Waals surface area contributed by atoms with Crippen LogP contribution < -0.4 is 10.2 Å². The summed E-state index contributed by atoms with van der Waals surface area (Å²) in [5, 5.41) is 11.3. The third kappa shape index (κ3) is 5.42. The van der Waals surface area contributed by atoms with Crippen LogP contribution in [0, 0.1) is 0 Å². The van der Waals surface area contributed by atoms with Crippen molar-refractivity contribution in [3.63, 3.8) is 0 Å². The highest BCUT2D eigenvalue weighted by Crippen LogP contribution is 2.29. The van der Waals surface area contributed by atoms with E-state index >= 15 is 0 Å². The van der Waals surface area contributed by atoms with E-state index in [1.165, 1.54) is 43.9 Å². The van der Waals surface area contributed by atoms with Crippen LogP contribution in [-0.4, -0.2) is 59.0 Å². The maximum Gasteiger partial charge on any atom is 0.284 e. The molecular formula is C24H29N5O3S. The van der Waals surface area contributed by atoms with E-state index < -0.39 is 0 Å². The molecule has 33 heavy (non-hydrogen) atoms. The summed E-state index contributed by atoms with van der Waals surface area (Å²) in [6.45, 7) is 4.13. The van der Waals surface area contributed by atoms with Gasteiger partial charge in [0.2, 0.25) is 5.91 Å². The van der Waals surface area contributed by atoms with Crippen LogP contribution in [-0.2, 0) is 4.79 Å². The lowest BCUT2D eigenvalue weighted by atomic mass is 9.94. The number of aromatic nitrogens is 2.